The van der Waals surface area contributed by atoms with Gasteiger partial charge in [0.2, 0.25) is 0 Å². The molecule has 0 spiro atoms. The number of aromatic nitrogens is 3. The smallest absolute Gasteiger partial charge is 0.266 e. The highest BCUT2D eigenvalue weighted by Crippen LogP contribution is 2.30. The lowest BCUT2D eigenvalue weighted by Gasteiger charge is -2.20. The second kappa shape index (κ2) is 10.9. The van der Waals surface area contributed by atoms with Crippen LogP contribution in [0.25, 0.3) is 10.2 Å². The molecular weight excluding hydrogens is 432 g/mol. The van der Waals surface area contributed by atoms with Crippen LogP contribution in [0.3, 0.4) is 0 Å². The lowest BCUT2D eigenvalue weighted by molar-refractivity contribution is -0.120. The summed E-state index contributed by atoms with van der Waals surface area (Å²) in [4.78, 5) is 23.6. The number of amides is 1. The van der Waals surface area contributed by atoms with E-state index in [1.165, 1.54) is 5.56 Å². The zero-order valence-electron chi connectivity index (χ0n) is 17.3. The van der Waals surface area contributed by atoms with Crippen molar-refractivity contribution in [3.8, 4) is 5.75 Å². The highest BCUT2D eigenvalue weighted by molar-refractivity contribution is 7.22. The summed E-state index contributed by atoms with van der Waals surface area (Å²) in [6.07, 6.45) is 7.24. The molecule has 31 heavy (non-hydrogen) atoms. The highest BCUT2D eigenvalue weighted by atomic mass is 35.5. The number of imidazole rings is 1. The van der Waals surface area contributed by atoms with E-state index in [2.05, 4.69) is 24.0 Å². The number of thiazole rings is 1. The highest BCUT2D eigenvalue weighted by Gasteiger charge is 2.20. The zero-order valence-corrected chi connectivity index (χ0v) is 18.9. The van der Waals surface area contributed by atoms with Crippen molar-refractivity contribution in [2.45, 2.75) is 26.3 Å². The molecule has 0 aliphatic rings. The van der Waals surface area contributed by atoms with Crippen molar-refractivity contribution in [2.24, 2.45) is 0 Å². The molecule has 0 fully saturated rings. The maximum atomic E-state index is 13.1. The molecule has 0 atom stereocenters. The second-order valence-corrected chi connectivity index (χ2v) is 7.96. The number of anilines is 1. The molecule has 0 radical (unpaired) electrons. The first kappa shape index (κ1) is 22.8. The number of halogens is 1. The third-order valence-electron chi connectivity index (χ3n) is 4.84. The van der Waals surface area contributed by atoms with Crippen molar-refractivity contribution in [1.82, 2.24) is 14.5 Å². The summed E-state index contributed by atoms with van der Waals surface area (Å²) in [7, 11) is 0. The molecule has 0 aliphatic heterocycles. The third kappa shape index (κ3) is 5.83. The number of fused-ring (bicyclic) bond motifs is 1. The van der Waals surface area contributed by atoms with E-state index in [0.29, 0.717) is 17.4 Å². The minimum Gasteiger partial charge on any atom is -0.484 e. The number of carbonyl (C=O) groups excluding carboxylic acids is 1. The molecule has 162 valence electrons. The van der Waals surface area contributed by atoms with Crippen LogP contribution in [0.1, 0.15) is 18.9 Å². The lowest BCUT2D eigenvalue weighted by Crippen LogP contribution is -2.36. The topological polar surface area (TPSA) is 60.2 Å². The Morgan fingerprint density at radius 2 is 2.03 bits per heavy atom. The van der Waals surface area contributed by atoms with Gasteiger partial charge in [0.05, 0.1) is 16.5 Å². The van der Waals surface area contributed by atoms with Crippen molar-refractivity contribution in [3.63, 3.8) is 0 Å². The molecule has 8 heteroatoms. The van der Waals surface area contributed by atoms with Crippen molar-refractivity contribution in [3.05, 3.63) is 72.8 Å². The van der Waals surface area contributed by atoms with Gasteiger partial charge >= 0.3 is 0 Å². The quantitative estimate of drug-likeness (QED) is 0.356. The van der Waals surface area contributed by atoms with Crippen LogP contribution in [0, 0.1) is 0 Å². The predicted octanol–water partition coefficient (Wildman–Crippen LogP) is 4.98. The van der Waals surface area contributed by atoms with Crippen LogP contribution < -0.4 is 9.64 Å². The molecule has 0 saturated carbocycles. The Morgan fingerprint density at radius 3 is 2.77 bits per heavy atom. The fourth-order valence-corrected chi connectivity index (χ4v) is 4.26. The molecule has 4 aromatic rings. The van der Waals surface area contributed by atoms with Gasteiger partial charge in [-0.3, -0.25) is 9.69 Å². The van der Waals surface area contributed by atoms with E-state index in [-0.39, 0.29) is 24.9 Å². The Morgan fingerprint density at radius 1 is 1.19 bits per heavy atom. The molecule has 2 aromatic heterocycles. The molecule has 0 unspecified atom stereocenters. The summed E-state index contributed by atoms with van der Waals surface area (Å²) in [6, 6.07) is 15.7. The van der Waals surface area contributed by atoms with Gasteiger partial charge in [-0.05, 0) is 42.7 Å². The summed E-state index contributed by atoms with van der Waals surface area (Å²) in [6.45, 7) is 3.46. The second-order valence-electron chi connectivity index (χ2n) is 6.95. The predicted molar refractivity (Wildman–Crippen MR) is 127 cm³/mol. The standard InChI is InChI=1S/C23H24N4O2S.ClH/c1-2-18-9-10-20-21(15-18)30-23(25-20)27(13-6-12-26-14-11-24-17-26)22(28)16-29-19-7-4-3-5-8-19;/h3-5,7-11,14-15,17H,2,6,12-13,16H2,1H3;1H. The number of carbonyl (C=O) groups is 1. The van der Waals surface area contributed by atoms with Crippen LogP contribution in [0.5, 0.6) is 5.75 Å². The average molecular weight is 457 g/mol. The largest absolute Gasteiger partial charge is 0.484 e. The van der Waals surface area contributed by atoms with E-state index >= 15 is 0 Å². The van der Waals surface area contributed by atoms with Gasteiger partial charge in [0.1, 0.15) is 5.75 Å². The summed E-state index contributed by atoms with van der Waals surface area (Å²) in [5, 5.41) is 0.713. The van der Waals surface area contributed by atoms with E-state index in [9.17, 15) is 4.79 Å². The first-order valence-electron chi connectivity index (χ1n) is 10.1. The van der Waals surface area contributed by atoms with Gasteiger partial charge in [0.15, 0.2) is 11.7 Å². The van der Waals surface area contributed by atoms with E-state index < -0.39 is 0 Å². The van der Waals surface area contributed by atoms with Crippen molar-refractivity contribution < 1.29 is 9.53 Å². The van der Waals surface area contributed by atoms with E-state index in [0.717, 1.165) is 29.6 Å². The number of ether oxygens (including phenoxy) is 1. The minimum atomic E-state index is -0.0979. The van der Waals surface area contributed by atoms with Crippen LogP contribution in [0.15, 0.2) is 67.3 Å². The summed E-state index contributed by atoms with van der Waals surface area (Å²) in [5.41, 5.74) is 2.19. The molecule has 0 bridgehead atoms. The molecule has 0 saturated heterocycles. The Bertz CT molecular complexity index is 1100. The Kier molecular flexibility index (Phi) is 8.03. The number of benzene rings is 2. The number of nitrogens with zero attached hydrogens (tertiary/aromatic N) is 4. The van der Waals surface area contributed by atoms with Gasteiger partial charge < -0.3 is 9.30 Å². The molecular formula is C23H25ClN4O2S. The normalized spacial score (nSPS) is 10.6. The maximum absolute atomic E-state index is 13.1. The van der Waals surface area contributed by atoms with Gasteiger partial charge in [0, 0.05) is 25.5 Å². The molecule has 0 N–H and O–H groups in total. The number of para-hydroxylation sites is 1. The zero-order chi connectivity index (χ0) is 20.8. The van der Waals surface area contributed by atoms with E-state index in [1.807, 2.05) is 47.2 Å². The summed E-state index contributed by atoms with van der Waals surface area (Å²) >= 11 is 1.55. The fraction of sp³-hybridized carbons (Fsp3) is 0.261. The van der Waals surface area contributed by atoms with Gasteiger partial charge in [-0.25, -0.2) is 9.97 Å². The molecule has 6 nitrogen and oxygen atoms in total. The Labute approximate surface area is 191 Å². The van der Waals surface area contributed by atoms with Crippen molar-refractivity contribution in [2.75, 3.05) is 18.1 Å². The maximum Gasteiger partial charge on any atom is 0.266 e. The lowest BCUT2D eigenvalue weighted by atomic mass is 10.2. The summed E-state index contributed by atoms with van der Waals surface area (Å²) < 4.78 is 8.81. The first-order valence-corrected chi connectivity index (χ1v) is 10.9. The third-order valence-corrected chi connectivity index (χ3v) is 5.89. The molecule has 2 heterocycles. The molecule has 4 rings (SSSR count). The number of hydrogen-bond donors (Lipinski definition) is 0. The Hall–Kier alpha value is -2.90. The van der Waals surface area contributed by atoms with Gasteiger partial charge in [-0.15, -0.1) is 12.4 Å². The average Bonchev–Trinajstić information content (AvgIpc) is 3.44. The Balaban J connectivity index is 0.00000272. The van der Waals surface area contributed by atoms with E-state index in [1.54, 1.807) is 28.8 Å². The van der Waals surface area contributed by atoms with Gasteiger partial charge in [0.25, 0.3) is 5.91 Å². The van der Waals surface area contributed by atoms with Crippen LogP contribution in [-0.2, 0) is 17.8 Å². The van der Waals surface area contributed by atoms with E-state index in [4.69, 9.17) is 9.72 Å². The summed E-state index contributed by atoms with van der Waals surface area (Å²) in [5.74, 6) is 0.584. The van der Waals surface area contributed by atoms with Crippen LogP contribution in [0.2, 0.25) is 0 Å². The molecule has 2 aromatic carbocycles. The minimum absolute atomic E-state index is 0. The molecule has 0 aliphatic carbocycles. The first-order chi connectivity index (χ1) is 14.7. The van der Waals surface area contributed by atoms with Crippen molar-refractivity contribution >= 4 is 45.0 Å². The van der Waals surface area contributed by atoms with Gasteiger partial charge in [-0.2, -0.15) is 0 Å². The number of aryl methyl sites for hydroxylation is 2. The SMILES string of the molecule is CCc1ccc2nc(N(CCCn3ccnc3)C(=O)COc3ccccc3)sc2c1.Cl. The van der Waals surface area contributed by atoms with Gasteiger partial charge in [-0.1, -0.05) is 42.5 Å². The number of hydrogen-bond acceptors (Lipinski definition) is 5. The fourth-order valence-electron chi connectivity index (χ4n) is 3.19. The van der Waals surface area contributed by atoms with Crippen LogP contribution in [-0.4, -0.2) is 33.6 Å². The monoisotopic (exact) mass is 456 g/mol. The van der Waals surface area contributed by atoms with Crippen LogP contribution in [0.4, 0.5) is 5.13 Å². The number of rotatable bonds is 9. The van der Waals surface area contributed by atoms with Crippen LogP contribution >= 0.6 is 23.7 Å². The molecule has 1 amide bonds. The van der Waals surface area contributed by atoms with Crippen molar-refractivity contribution in [1.29, 1.82) is 0 Å².